The van der Waals surface area contributed by atoms with Gasteiger partial charge >= 0.3 is 7.60 Å². The van der Waals surface area contributed by atoms with Crippen molar-refractivity contribution in [1.29, 1.82) is 0 Å². The van der Waals surface area contributed by atoms with Crippen LogP contribution in [0.1, 0.15) is 82.9 Å². The zero-order valence-electron chi connectivity index (χ0n) is 24.4. The van der Waals surface area contributed by atoms with E-state index in [1.54, 1.807) is 0 Å². The zero-order valence-corrected chi connectivity index (χ0v) is 25.3. The Morgan fingerprint density at radius 1 is 0.872 bits per heavy atom. The molecular formula is C31H45O7P. The normalized spacial score (nSPS) is 16.1. The monoisotopic (exact) mass is 560 g/mol. The van der Waals surface area contributed by atoms with Crippen LogP contribution in [0.4, 0.5) is 0 Å². The van der Waals surface area contributed by atoms with E-state index < -0.39 is 13.9 Å². The molecule has 8 heteroatoms. The van der Waals surface area contributed by atoms with Crippen molar-refractivity contribution in [3.8, 4) is 11.5 Å². The largest absolute Gasteiger partial charge is 0.493 e. The molecule has 1 heterocycles. The topological polar surface area (TPSA) is 72.5 Å². The number of hydrogen-bond acceptors (Lipinski definition) is 7. The molecule has 1 saturated heterocycles. The van der Waals surface area contributed by atoms with Gasteiger partial charge in [0.2, 0.25) is 0 Å². The first-order chi connectivity index (χ1) is 18.7. The molecule has 0 radical (unpaired) electrons. The summed E-state index contributed by atoms with van der Waals surface area (Å²) in [5, 5.41) is 0. The number of hydrogen-bond donors (Lipinski definition) is 0. The third-order valence-corrected chi connectivity index (χ3v) is 8.09. The zero-order chi connectivity index (χ0) is 28.3. The average Bonchev–Trinajstić information content (AvgIpc) is 2.91. The minimum atomic E-state index is -3.14. The van der Waals surface area contributed by atoms with E-state index in [4.69, 9.17) is 28.0 Å². The first kappa shape index (κ1) is 31.4. The standard InChI is InChI=1S/C31H45O7P/c1-7-17-33-28-20-27(30-35-22-31(5,6)23-36-30)29(34-18-8-2)19-26(28)16-15-24-11-13-25(14-12-24)21-39(32,37-9-3)38-10-4/h11-16,19-20,30H,7-10,17-18,21-23H2,1-6H3/b16-15+. The fourth-order valence-corrected chi connectivity index (χ4v) is 5.82. The van der Waals surface area contributed by atoms with Crippen LogP contribution in [0.3, 0.4) is 0 Å². The van der Waals surface area contributed by atoms with Crippen molar-refractivity contribution in [2.75, 3.05) is 39.6 Å². The highest BCUT2D eigenvalue weighted by Crippen LogP contribution is 2.51. The van der Waals surface area contributed by atoms with Crippen LogP contribution in [0.25, 0.3) is 12.2 Å². The predicted octanol–water partition coefficient (Wildman–Crippen LogP) is 8.27. The maximum Gasteiger partial charge on any atom is 0.335 e. The molecule has 1 aliphatic rings. The van der Waals surface area contributed by atoms with Gasteiger partial charge < -0.3 is 28.0 Å². The van der Waals surface area contributed by atoms with Crippen LogP contribution in [-0.2, 0) is 29.2 Å². The van der Waals surface area contributed by atoms with Crippen molar-refractivity contribution < 1.29 is 32.6 Å². The average molecular weight is 561 g/mol. The van der Waals surface area contributed by atoms with E-state index in [2.05, 4.69) is 27.7 Å². The molecular weight excluding hydrogens is 515 g/mol. The van der Waals surface area contributed by atoms with Gasteiger partial charge in [-0.15, -0.1) is 0 Å². The molecule has 7 nitrogen and oxygen atoms in total. The summed E-state index contributed by atoms with van der Waals surface area (Å²) in [6, 6.07) is 11.9. The maximum atomic E-state index is 12.9. The van der Waals surface area contributed by atoms with Crippen LogP contribution in [0.2, 0.25) is 0 Å². The molecule has 2 aromatic carbocycles. The number of ether oxygens (including phenoxy) is 4. The summed E-state index contributed by atoms with van der Waals surface area (Å²) in [5.74, 6) is 1.50. The van der Waals surface area contributed by atoms with Crippen LogP contribution in [0.15, 0.2) is 36.4 Å². The van der Waals surface area contributed by atoms with Gasteiger partial charge in [0.05, 0.1) is 51.4 Å². The lowest BCUT2D eigenvalue weighted by molar-refractivity contribution is -0.226. The Labute approximate surface area is 234 Å². The molecule has 0 bridgehead atoms. The van der Waals surface area contributed by atoms with Gasteiger partial charge in [0, 0.05) is 11.0 Å². The third-order valence-electron chi connectivity index (χ3n) is 6.03. The third kappa shape index (κ3) is 9.47. The molecule has 0 saturated carbocycles. The maximum absolute atomic E-state index is 12.9. The minimum absolute atomic E-state index is 0.0241. The van der Waals surface area contributed by atoms with E-state index in [0.717, 1.165) is 46.6 Å². The van der Waals surface area contributed by atoms with Crippen LogP contribution in [-0.4, -0.2) is 39.6 Å². The van der Waals surface area contributed by atoms with Crippen molar-refractivity contribution >= 4 is 19.7 Å². The van der Waals surface area contributed by atoms with E-state index in [1.165, 1.54) is 0 Å². The van der Waals surface area contributed by atoms with Crippen LogP contribution < -0.4 is 9.47 Å². The summed E-state index contributed by atoms with van der Waals surface area (Å²) < 4.78 is 48.2. The van der Waals surface area contributed by atoms with Gasteiger partial charge in [0.1, 0.15) is 11.5 Å². The molecule has 0 aromatic heterocycles. The van der Waals surface area contributed by atoms with Gasteiger partial charge in [0.15, 0.2) is 6.29 Å². The van der Waals surface area contributed by atoms with Crippen molar-refractivity contribution in [2.24, 2.45) is 5.41 Å². The minimum Gasteiger partial charge on any atom is -0.493 e. The highest BCUT2D eigenvalue weighted by atomic mass is 31.2. The first-order valence-electron chi connectivity index (χ1n) is 14.0. The summed E-state index contributed by atoms with van der Waals surface area (Å²) in [7, 11) is -3.14. The van der Waals surface area contributed by atoms with Crippen LogP contribution in [0, 0.1) is 5.41 Å². The van der Waals surface area contributed by atoms with Crippen LogP contribution >= 0.6 is 7.60 Å². The molecule has 0 amide bonds. The van der Waals surface area contributed by atoms with Crippen molar-refractivity contribution in [2.45, 2.75) is 66.8 Å². The van der Waals surface area contributed by atoms with Gasteiger partial charge in [0.25, 0.3) is 0 Å². The van der Waals surface area contributed by atoms with Gasteiger partial charge in [-0.1, -0.05) is 64.1 Å². The molecule has 3 rings (SSSR count). The summed E-state index contributed by atoms with van der Waals surface area (Å²) in [6.45, 7) is 15.2. The molecule has 216 valence electrons. The smallest absolute Gasteiger partial charge is 0.335 e. The summed E-state index contributed by atoms with van der Waals surface area (Å²) in [4.78, 5) is 0. The fourth-order valence-electron chi connectivity index (χ4n) is 4.12. The Balaban J connectivity index is 1.86. The Kier molecular flexibility index (Phi) is 12.1. The lowest BCUT2D eigenvalue weighted by atomic mass is 9.95. The van der Waals surface area contributed by atoms with E-state index in [9.17, 15) is 4.57 Å². The van der Waals surface area contributed by atoms with E-state index >= 15 is 0 Å². The van der Waals surface area contributed by atoms with E-state index in [0.29, 0.717) is 39.6 Å². The molecule has 1 fully saturated rings. The molecule has 0 atom stereocenters. The van der Waals surface area contributed by atoms with Crippen molar-refractivity contribution in [1.82, 2.24) is 0 Å². The Morgan fingerprint density at radius 2 is 1.46 bits per heavy atom. The quantitative estimate of drug-likeness (QED) is 0.160. The van der Waals surface area contributed by atoms with Gasteiger partial charge in [-0.25, -0.2) is 0 Å². The van der Waals surface area contributed by atoms with Gasteiger partial charge in [-0.05, 0) is 49.9 Å². The molecule has 1 aliphatic heterocycles. The molecule has 39 heavy (non-hydrogen) atoms. The Morgan fingerprint density at radius 3 is 2.03 bits per heavy atom. The molecule has 0 spiro atoms. The highest BCUT2D eigenvalue weighted by Gasteiger charge is 2.31. The predicted molar refractivity (Wildman–Crippen MR) is 156 cm³/mol. The van der Waals surface area contributed by atoms with Crippen molar-refractivity contribution in [3.63, 3.8) is 0 Å². The second-order valence-electron chi connectivity index (χ2n) is 10.4. The van der Waals surface area contributed by atoms with Crippen LogP contribution in [0.5, 0.6) is 11.5 Å². The molecule has 0 aliphatic carbocycles. The molecule has 0 unspecified atom stereocenters. The summed E-state index contributed by atoms with van der Waals surface area (Å²) >= 11 is 0. The lowest BCUT2D eigenvalue weighted by Gasteiger charge is -2.35. The molecule has 0 N–H and O–H groups in total. The van der Waals surface area contributed by atoms with Gasteiger partial charge in [-0.3, -0.25) is 4.57 Å². The van der Waals surface area contributed by atoms with Gasteiger partial charge in [-0.2, -0.15) is 0 Å². The Bertz CT molecular complexity index is 1090. The second kappa shape index (κ2) is 15.0. The van der Waals surface area contributed by atoms with Crippen molar-refractivity contribution in [3.05, 3.63) is 58.7 Å². The Hall–Kier alpha value is -2.15. The SMILES string of the molecule is CCCOc1cc(C2OCC(C)(C)CO2)c(OCCC)cc1/C=C/c1ccc(CP(=O)(OCC)OCC)cc1. The van der Waals surface area contributed by atoms with E-state index in [1.807, 2.05) is 62.4 Å². The van der Waals surface area contributed by atoms with E-state index in [-0.39, 0.29) is 11.6 Å². The molecule has 2 aromatic rings. The summed E-state index contributed by atoms with van der Waals surface area (Å²) in [5.41, 5.74) is 3.64. The number of benzene rings is 2. The fraction of sp³-hybridized carbons (Fsp3) is 0.548. The summed E-state index contributed by atoms with van der Waals surface area (Å²) in [6.07, 6.45) is 5.59. The number of rotatable bonds is 15. The second-order valence-corrected chi connectivity index (χ2v) is 12.5. The first-order valence-corrected chi connectivity index (χ1v) is 15.8. The lowest BCUT2D eigenvalue weighted by Crippen LogP contribution is -2.34. The highest BCUT2D eigenvalue weighted by molar-refractivity contribution is 7.53.